The quantitative estimate of drug-likeness (QED) is 0.367. The van der Waals surface area contributed by atoms with Crippen LogP contribution in [0.3, 0.4) is 0 Å². The third-order valence-electron chi connectivity index (χ3n) is 6.67. The Balaban J connectivity index is 1.43. The smallest absolute Gasteiger partial charge is 0.335 e. The summed E-state index contributed by atoms with van der Waals surface area (Å²) >= 11 is 1.68. The number of rotatable bonds is 9. The Kier molecular flexibility index (Phi) is 7.99. The number of thiophene rings is 1. The first-order chi connectivity index (χ1) is 16.9. The number of aromatic carboxylic acids is 1. The van der Waals surface area contributed by atoms with Crippen LogP contribution in [0.5, 0.6) is 0 Å². The third-order valence-corrected chi connectivity index (χ3v) is 7.69. The number of benzene rings is 2. The van der Waals surface area contributed by atoms with Crippen LogP contribution < -0.4 is 0 Å². The molecular weight excluding hydrogens is 462 g/mol. The number of aryl methyl sites for hydroxylation is 1. The van der Waals surface area contributed by atoms with Gasteiger partial charge in [-0.2, -0.15) is 0 Å². The molecule has 0 radical (unpaired) electrons. The highest BCUT2D eigenvalue weighted by Gasteiger charge is 2.47. The van der Waals surface area contributed by atoms with E-state index in [2.05, 4.69) is 10.9 Å². The minimum Gasteiger partial charge on any atom is -0.478 e. The number of aliphatic hydroxyl groups is 2. The molecule has 0 bridgehead atoms. The summed E-state index contributed by atoms with van der Waals surface area (Å²) in [7, 11) is 0. The van der Waals surface area contributed by atoms with Crippen LogP contribution in [0, 0.1) is 19.4 Å². The van der Waals surface area contributed by atoms with Crippen molar-refractivity contribution in [3.05, 3.63) is 104 Å². The maximum absolute atomic E-state index is 11.2. The van der Waals surface area contributed by atoms with E-state index in [1.165, 1.54) is 10.9 Å². The van der Waals surface area contributed by atoms with Gasteiger partial charge in [-0.3, -0.25) is 0 Å². The summed E-state index contributed by atoms with van der Waals surface area (Å²) in [4.78, 5) is 17.3. The average molecular weight is 492 g/mol. The van der Waals surface area contributed by atoms with Crippen molar-refractivity contribution >= 4 is 17.3 Å². The number of carboxylic acids is 1. The lowest BCUT2D eigenvalue weighted by Crippen LogP contribution is -2.24. The van der Waals surface area contributed by atoms with Crippen molar-refractivity contribution in [2.45, 2.75) is 50.5 Å². The Morgan fingerprint density at radius 1 is 1.20 bits per heavy atom. The molecule has 1 aromatic heterocycles. The Morgan fingerprint density at radius 3 is 2.63 bits per heavy atom. The minimum atomic E-state index is -0.988. The van der Waals surface area contributed by atoms with Crippen LogP contribution in [0.4, 0.5) is 0 Å². The van der Waals surface area contributed by atoms with Crippen molar-refractivity contribution in [1.82, 2.24) is 0 Å². The number of hydrogen-bond acceptors (Lipinski definition) is 5. The molecule has 1 aliphatic rings. The molecule has 5 atom stereocenters. The standard InChI is InChI=1S/C28H29NO5S/c1-17-6-11-22(35-17)13-25(30)19-7-9-20(10-8-19)27-23(24(29-2)14-26(27)31)16-34-15-18-4-3-5-21(12-18)28(32)33/h3-12,23-27,30-31H,13-16H2,1H3,(H,32,33)/t23?,24-,25?,26-,27?/m1/s1. The average Bonchev–Trinajstić information content (AvgIpc) is 3.41. The minimum absolute atomic E-state index is 0.185. The van der Waals surface area contributed by atoms with E-state index < -0.39 is 18.2 Å². The van der Waals surface area contributed by atoms with Gasteiger partial charge in [-0.15, -0.1) is 11.3 Å². The van der Waals surface area contributed by atoms with E-state index in [0.29, 0.717) is 12.8 Å². The number of hydrogen-bond donors (Lipinski definition) is 3. The van der Waals surface area contributed by atoms with Crippen molar-refractivity contribution < 1.29 is 24.9 Å². The van der Waals surface area contributed by atoms with Crippen molar-refractivity contribution in [3.8, 4) is 0 Å². The second-order valence-electron chi connectivity index (χ2n) is 9.11. The lowest BCUT2D eigenvalue weighted by atomic mass is 9.86. The zero-order valence-electron chi connectivity index (χ0n) is 19.5. The summed E-state index contributed by atoms with van der Waals surface area (Å²) in [5, 5.41) is 30.6. The van der Waals surface area contributed by atoms with Gasteiger partial charge < -0.3 is 24.9 Å². The number of nitrogens with zero attached hydrogens (tertiary/aromatic N) is 1. The zero-order valence-corrected chi connectivity index (χ0v) is 20.3. The highest BCUT2D eigenvalue weighted by molar-refractivity contribution is 7.11. The van der Waals surface area contributed by atoms with Crippen molar-refractivity contribution in [1.29, 1.82) is 0 Å². The molecule has 3 unspecified atom stereocenters. The summed E-state index contributed by atoms with van der Waals surface area (Å²) in [6, 6.07) is 18.0. The Labute approximate surface area is 209 Å². The zero-order chi connectivity index (χ0) is 24.9. The van der Waals surface area contributed by atoms with E-state index in [9.17, 15) is 20.1 Å². The topological polar surface area (TPSA) is 91.4 Å². The second-order valence-corrected chi connectivity index (χ2v) is 10.5. The number of carboxylic acid groups (broad SMARTS) is 1. The highest BCUT2D eigenvalue weighted by Crippen LogP contribution is 2.42. The van der Waals surface area contributed by atoms with Gasteiger partial charge in [0.25, 0.3) is 0 Å². The van der Waals surface area contributed by atoms with E-state index in [-0.39, 0.29) is 36.7 Å². The van der Waals surface area contributed by atoms with Crippen molar-refractivity contribution in [2.24, 2.45) is 5.92 Å². The monoisotopic (exact) mass is 491 g/mol. The van der Waals surface area contributed by atoms with Crippen LogP contribution in [0.25, 0.3) is 4.85 Å². The molecule has 35 heavy (non-hydrogen) atoms. The molecule has 1 saturated carbocycles. The summed E-state index contributed by atoms with van der Waals surface area (Å²) < 4.78 is 5.91. The molecular formula is C28H29NO5S. The molecule has 0 spiro atoms. The molecule has 0 amide bonds. The first kappa shape index (κ1) is 25.1. The van der Waals surface area contributed by atoms with Crippen LogP contribution in [-0.2, 0) is 17.8 Å². The van der Waals surface area contributed by atoms with Gasteiger partial charge >= 0.3 is 5.97 Å². The fourth-order valence-corrected chi connectivity index (χ4v) is 5.80. The van der Waals surface area contributed by atoms with Gasteiger partial charge in [-0.05, 0) is 47.9 Å². The molecule has 3 N–H and O–H groups in total. The van der Waals surface area contributed by atoms with Crippen LogP contribution in [-0.4, -0.2) is 40.0 Å². The molecule has 1 heterocycles. The van der Waals surface area contributed by atoms with Gasteiger partial charge in [0.1, 0.15) is 0 Å². The molecule has 182 valence electrons. The van der Waals surface area contributed by atoms with Gasteiger partial charge in [0.05, 0.1) is 36.9 Å². The molecule has 6 nitrogen and oxygen atoms in total. The van der Waals surface area contributed by atoms with E-state index >= 15 is 0 Å². The lowest BCUT2D eigenvalue weighted by Gasteiger charge is -2.22. The summed E-state index contributed by atoms with van der Waals surface area (Å²) in [5.74, 6) is -1.42. The molecule has 1 fully saturated rings. The Bertz CT molecular complexity index is 1200. The molecule has 3 aromatic rings. The molecule has 7 heteroatoms. The molecule has 0 saturated heterocycles. The Morgan fingerprint density at radius 2 is 1.97 bits per heavy atom. The van der Waals surface area contributed by atoms with Gasteiger partial charge in [0.15, 0.2) is 0 Å². The maximum atomic E-state index is 11.2. The largest absolute Gasteiger partial charge is 0.478 e. The first-order valence-corrected chi connectivity index (χ1v) is 12.4. The van der Waals surface area contributed by atoms with Crippen molar-refractivity contribution in [3.63, 3.8) is 0 Å². The predicted octanol–water partition coefficient (Wildman–Crippen LogP) is 5.00. The van der Waals surface area contributed by atoms with Gasteiger partial charge in [0, 0.05) is 28.5 Å². The van der Waals surface area contributed by atoms with Gasteiger partial charge in [-0.1, -0.05) is 36.4 Å². The second kappa shape index (κ2) is 11.1. The predicted molar refractivity (Wildman–Crippen MR) is 134 cm³/mol. The number of aliphatic hydroxyl groups excluding tert-OH is 2. The normalized spacial score (nSPS) is 22.6. The maximum Gasteiger partial charge on any atom is 0.335 e. The highest BCUT2D eigenvalue weighted by atomic mass is 32.1. The lowest BCUT2D eigenvalue weighted by molar-refractivity contribution is 0.0685. The van der Waals surface area contributed by atoms with Crippen LogP contribution in [0.15, 0.2) is 60.7 Å². The fourth-order valence-electron chi connectivity index (χ4n) is 4.88. The molecule has 1 aliphatic carbocycles. The van der Waals surface area contributed by atoms with E-state index in [1.807, 2.05) is 37.3 Å². The Hall–Kier alpha value is -3.02. The van der Waals surface area contributed by atoms with Gasteiger partial charge in [0.2, 0.25) is 6.04 Å². The van der Waals surface area contributed by atoms with E-state index in [4.69, 9.17) is 11.3 Å². The van der Waals surface area contributed by atoms with Crippen LogP contribution >= 0.6 is 11.3 Å². The van der Waals surface area contributed by atoms with Crippen LogP contribution in [0.2, 0.25) is 0 Å². The van der Waals surface area contributed by atoms with E-state index in [1.54, 1.807) is 29.5 Å². The van der Waals surface area contributed by atoms with Crippen LogP contribution in [0.1, 0.15) is 55.2 Å². The summed E-state index contributed by atoms with van der Waals surface area (Å²) in [6.45, 7) is 10.2. The SMILES string of the molecule is [C-]#[N+][C@@H]1C[C@@H](O)C(c2ccc(C(O)Cc3ccc(C)s3)cc2)C1COCc1cccc(C(=O)O)c1. The number of ether oxygens (including phenoxy) is 1. The number of carbonyl (C=O) groups is 1. The fraction of sp³-hybridized carbons (Fsp3) is 0.357. The van der Waals surface area contributed by atoms with Crippen molar-refractivity contribution in [2.75, 3.05) is 6.61 Å². The third kappa shape index (κ3) is 5.98. The summed E-state index contributed by atoms with van der Waals surface area (Å²) in [5.41, 5.74) is 2.70. The summed E-state index contributed by atoms with van der Waals surface area (Å²) in [6.07, 6.45) is -0.308. The van der Waals surface area contributed by atoms with Gasteiger partial charge in [-0.25, -0.2) is 11.4 Å². The van der Waals surface area contributed by atoms with E-state index in [0.717, 1.165) is 21.6 Å². The molecule has 0 aliphatic heterocycles. The first-order valence-electron chi connectivity index (χ1n) is 11.6. The molecule has 2 aromatic carbocycles. The molecule has 4 rings (SSSR count).